The van der Waals surface area contributed by atoms with Crippen molar-refractivity contribution in [2.75, 3.05) is 0 Å². The fourth-order valence-corrected chi connectivity index (χ4v) is 2.13. The fourth-order valence-electron chi connectivity index (χ4n) is 2.13. The fraction of sp³-hybridized carbons (Fsp3) is 0. The van der Waals surface area contributed by atoms with Gasteiger partial charge in [0.25, 0.3) is 11.1 Å². The van der Waals surface area contributed by atoms with Gasteiger partial charge in [0.1, 0.15) is 10.7 Å². The summed E-state index contributed by atoms with van der Waals surface area (Å²) in [4.78, 5) is 29.5. The number of hydrogen-bond acceptors (Lipinski definition) is 2. The number of hydrogen-bond donors (Lipinski definition) is 2. The third-order valence-corrected chi connectivity index (χ3v) is 3.21. The van der Waals surface area contributed by atoms with E-state index in [1.807, 2.05) is 60.7 Å². The van der Waals surface area contributed by atoms with Crippen LogP contribution >= 0.6 is 0 Å². The Labute approximate surface area is 126 Å². The summed E-state index contributed by atoms with van der Waals surface area (Å²) in [6.45, 7) is 0. The molecule has 3 aromatic rings. The molecule has 22 heavy (non-hydrogen) atoms. The molecule has 108 valence electrons. The SMILES string of the molecule is O=c1[nH]/c(=C/c2ccccc2)c(=O)[nH]/c1=C/c1ccccc1. The summed E-state index contributed by atoms with van der Waals surface area (Å²) in [5.41, 5.74) is 1.04. The zero-order chi connectivity index (χ0) is 15.4. The predicted octanol–water partition coefficient (Wildman–Crippen LogP) is 0.721. The normalized spacial score (nSPS) is 12.5. The van der Waals surface area contributed by atoms with Gasteiger partial charge in [0, 0.05) is 0 Å². The highest BCUT2D eigenvalue weighted by Gasteiger charge is 1.96. The molecule has 4 heteroatoms. The molecule has 0 atom stereocenters. The first kappa shape index (κ1) is 13.8. The summed E-state index contributed by atoms with van der Waals surface area (Å²) in [7, 11) is 0. The standard InChI is InChI=1S/C18H14N2O2/c21-17-15(11-13-7-3-1-4-8-13)19-18(22)16(20-17)12-14-9-5-2-6-10-14/h1-12H,(H,19,22)(H,20,21)/b15-11+,16-12+. The molecule has 0 fully saturated rings. The van der Waals surface area contributed by atoms with E-state index < -0.39 is 0 Å². The Hall–Kier alpha value is -3.14. The number of rotatable bonds is 2. The molecular weight excluding hydrogens is 276 g/mol. The van der Waals surface area contributed by atoms with E-state index in [-0.39, 0.29) is 21.8 Å². The Morgan fingerprint density at radius 2 is 0.955 bits per heavy atom. The Morgan fingerprint density at radius 1 is 0.591 bits per heavy atom. The van der Waals surface area contributed by atoms with Crippen molar-refractivity contribution in [2.24, 2.45) is 0 Å². The second-order valence-electron chi connectivity index (χ2n) is 4.85. The molecule has 0 saturated heterocycles. The average molecular weight is 290 g/mol. The van der Waals surface area contributed by atoms with Crippen LogP contribution in [0.15, 0.2) is 70.3 Å². The first-order valence-corrected chi connectivity index (χ1v) is 6.88. The maximum atomic E-state index is 12.1. The summed E-state index contributed by atoms with van der Waals surface area (Å²) in [5.74, 6) is 0. The van der Waals surface area contributed by atoms with E-state index in [4.69, 9.17) is 0 Å². The molecule has 3 rings (SSSR count). The third-order valence-electron chi connectivity index (χ3n) is 3.21. The van der Waals surface area contributed by atoms with Gasteiger partial charge < -0.3 is 9.97 Å². The Balaban J connectivity index is 2.14. The molecule has 0 saturated carbocycles. The highest BCUT2D eigenvalue weighted by atomic mass is 16.1. The molecule has 1 heterocycles. The van der Waals surface area contributed by atoms with Crippen LogP contribution in [-0.4, -0.2) is 9.97 Å². The maximum absolute atomic E-state index is 12.1. The molecule has 0 aliphatic rings. The molecule has 0 spiro atoms. The number of nitrogens with one attached hydrogen (secondary N) is 2. The van der Waals surface area contributed by atoms with Gasteiger partial charge in [0.05, 0.1) is 0 Å². The smallest absolute Gasteiger partial charge is 0.272 e. The van der Waals surface area contributed by atoms with Crippen molar-refractivity contribution in [3.63, 3.8) is 0 Å². The molecular formula is C18H14N2O2. The van der Waals surface area contributed by atoms with Gasteiger partial charge in [-0.25, -0.2) is 0 Å². The lowest BCUT2D eigenvalue weighted by molar-refractivity contribution is 1.00. The Bertz CT molecular complexity index is 915. The van der Waals surface area contributed by atoms with Crippen molar-refractivity contribution in [1.82, 2.24) is 9.97 Å². The second kappa shape index (κ2) is 6.10. The van der Waals surface area contributed by atoms with Crippen LogP contribution in [0.4, 0.5) is 0 Å². The Morgan fingerprint density at radius 3 is 1.32 bits per heavy atom. The van der Waals surface area contributed by atoms with Crippen LogP contribution in [0.3, 0.4) is 0 Å². The average Bonchev–Trinajstić information content (AvgIpc) is 2.54. The second-order valence-corrected chi connectivity index (χ2v) is 4.85. The van der Waals surface area contributed by atoms with Crippen molar-refractivity contribution in [1.29, 1.82) is 0 Å². The number of H-pyrrole nitrogens is 2. The maximum Gasteiger partial charge on any atom is 0.272 e. The lowest BCUT2D eigenvalue weighted by atomic mass is 10.2. The van der Waals surface area contributed by atoms with E-state index in [0.717, 1.165) is 11.1 Å². The van der Waals surface area contributed by atoms with Crippen LogP contribution in [-0.2, 0) is 0 Å². The zero-order valence-corrected chi connectivity index (χ0v) is 11.7. The number of benzene rings is 2. The summed E-state index contributed by atoms with van der Waals surface area (Å²) in [6, 6.07) is 18.7. The molecule has 0 aliphatic heterocycles. The van der Waals surface area contributed by atoms with E-state index in [0.29, 0.717) is 0 Å². The molecule has 0 bridgehead atoms. The minimum atomic E-state index is -0.328. The molecule has 1 aromatic heterocycles. The summed E-state index contributed by atoms with van der Waals surface area (Å²) >= 11 is 0. The van der Waals surface area contributed by atoms with Crippen molar-refractivity contribution >= 4 is 12.2 Å². The topological polar surface area (TPSA) is 65.7 Å². The number of aromatic nitrogens is 2. The molecule has 0 aliphatic carbocycles. The largest absolute Gasteiger partial charge is 0.316 e. The lowest BCUT2D eigenvalue weighted by Crippen LogP contribution is -2.46. The summed E-state index contributed by atoms with van der Waals surface area (Å²) < 4.78 is 0. The van der Waals surface area contributed by atoms with Gasteiger partial charge in [-0.2, -0.15) is 0 Å². The van der Waals surface area contributed by atoms with Gasteiger partial charge in [0.2, 0.25) is 0 Å². The van der Waals surface area contributed by atoms with Gasteiger partial charge in [0.15, 0.2) is 0 Å². The lowest BCUT2D eigenvalue weighted by Gasteiger charge is -1.94. The van der Waals surface area contributed by atoms with E-state index in [9.17, 15) is 9.59 Å². The number of aromatic amines is 2. The van der Waals surface area contributed by atoms with Crippen molar-refractivity contribution in [2.45, 2.75) is 0 Å². The van der Waals surface area contributed by atoms with Gasteiger partial charge in [-0.1, -0.05) is 60.7 Å². The van der Waals surface area contributed by atoms with Crippen LogP contribution in [0.25, 0.3) is 12.2 Å². The van der Waals surface area contributed by atoms with Gasteiger partial charge in [-0.3, -0.25) is 9.59 Å². The van der Waals surface area contributed by atoms with Crippen molar-refractivity contribution in [3.05, 3.63) is 103 Å². The predicted molar refractivity (Wildman–Crippen MR) is 87.0 cm³/mol. The molecule has 0 unspecified atom stereocenters. The first-order valence-electron chi connectivity index (χ1n) is 6.88. The summed E-state index contributed by atoms with van der Waals surface area (Å²) in [6.07, 6.45) is 3.29. The minimum absolute atomic E-state index is 0.237. The van der Waals surface area contributed by atoms with Crippen LogP contribution < -0.4 is 21.8 Å². The van der Waals surface area contributed by atoms with Gasteiger partial charge in [-0.05, 0) is 23.3 Å². The minimum Gasteiger partial charge on any atom is -0.316 e. The van der Waals surface area contributed by atoms with Crippen molar-refractivity contribution in [3.8, 4) is 0 Å². The third kappa shape index (κ3) is 3.12. The molecule has 2 N–H and O–H groups in total. The zero-order valence-electron chi connectivity index (χ0n) is 11.7. The highest BCUT2D eigenvalue weighted by molar-refractivity contribution is 5.49. The highest BCUT2D eigenvalue weighted by Crippen LogP contribution is 1.98. The molecule has 2 aromatic carbocycles. The van der Waals surface area contributed by atoms with Crippen LogP contribution in [0.5, 0.6) is 0 Å². The molecule has 0 radical (unpaired) electrons. The van der Waals surface area contributed by atoms with E-state index in [2.05, 4.69) is 9.97 Å². The summed E-state index contributed by atoms with van der Waals surface area (Å²) in [5, 5.41) is 0.475. The van der Waals surface area contributed by atoms with E-state index in [1.54, 1.807) is 12.2 Å². The molecule has 4 nitrogen and oxygen atoms in total. The molecule has 0 amide bonds. The van der Waals surface area contributed by atoms with Gasteiger partial charge >= 0.3 is 0 Å². The van der Waals surface area contributed by atoms with Gasteiger partial charge in [-0.15, -0.1) is 0 Å². The van der Waals surface area contributed by atoms with E-state index >= 15 is 0 Å². The van der Waals surface area contributed by atoms with Crippen LogP contribution in [0, 0.1) is 0 Å². The van der Waals surface area contributed by atoms with Crippen LogP contribution in [0.2, 0.25) is 0 Å². The Kier molecular flexibility index (Phi) is 3.83. The first-order chi connectivity index (χ1) is 10.7. The van der Waals surface area contributed by atoms with E-state index in [1.165, 1.54) is 0 Å². The van der Waals surface area contributed by atoms with Crippen LogP contribution in [0.1, 0.15) is 11.1 Å². The van der Waals surface area contributed by atoms with Crippen molar-refractivity contribution < 1.29 is 0 Å². The monoisotopic (exact) mass is 290 g/mol. The quantitative estimate of drug-likeness (QED) is 0.730.